The number of sulfone groups is 1. The molecular weight excluding hydrogens is 400 g/mol. The number of hydrogen-bond acceptors (Lipinski definition) is 6. The van der Waals surface area contributed by atoms with Gasteiger partial charge in [0.05, 0.1) is 6.20 Å². The zero-order chi connectivity index (χ0) is 18.0. The summed E-state index contributed by atoms with van der Waals surface area (Å²) in [7, 11) is -3.74. The van der Waals surface area contributed by atoms with Crippen LogP contribution in [0.2, 0.25) is 0 Å². The van der Waals surface area contributed by atoms with Crippen molar-refractivity contribution in [3.05, 3.63) is 34.9 Å². The summed E-state index contributed by atoms with van der Waals surface area (Å²) in [6, 6.07) is 7.49. The van der Waals surface area contributed by atoms with Gasteiger partial charge in [-0.3, -0.25) is 14.7 Å². The van der Waals surface area contributed by atoms with Crippen molar-refractivity contribution in [3.8, 4) is 11.3 Å². The van der Waals surface area contributed by atoms with Gasteiger partial charge >= 0.3 is 0 Å². The molecule has 10 heteroatoms. The molecule has 1 aromatic carbocycles. The van der Waals surface area contributed by atoms with Crippen LogP contribution in [-0.2, 0) is 21.2 Å². The highest BCUT2D eigenvalue weighted by atomic mass is 79.9. The number of halogens is 1. The maximum absolute atomic E-state index is 11.9. The Labute approximate surface area is 147 Å². The van der Waals surface area contributed by atoms with Crippen LogP contribution in [0.5, 0.6) is 0 Å². The molecular formula is C14H17BrN4O4S. The summed E-state index contributed by atoms with van der Waals surface area (Å²) >= 11 is 3.43. The lowest BCUT2D eigenvalue weighted by Gasteiger charge is -2.24. The minimum Gasteiger partial charge on any atom is -0.289 e. The fourth-order valence-electron chi connectivity index (χ4n) is 2.11. The third-order valence-corrected chi connectivity index (χ3v) is 6.62. The van der Waals surface area contributed by atoms with E-state index in [9.17, 15) is 13.2 Å². The van der Waals surface area contributed by atoms with E-state index >= 15 is 0 Å². The zero-order valence-corrected chi connectivity index (χ0v) is 15.5. The Morgan fingerprint density at radius 1 is 1.42 bits per heavy atom. The van der Waals surface area contributed by atoms with Gasteiger partial charge in [0, 0.05) is 22.8 Å². The van der Waals surface area contributed by atoms with Crippen LogP contribution in [0.3, 0.4) is 0 Å². The molecule has 130 valence electrons. The van der Waals surface area contributed by atoms with Crippen LogP contribution in [0.25, 0.3) is 11.3 Å². The van der Waals surface area contributed by atoms with Gasteiger partial charge in [0.15, 0.2) is 14.6 Å². The van der Waals surface area contributed by atoms with E-state index in [-0.39, 0.29) is 13.0 Å². The molecule has 0 saturated heterocycles. The monoisotopic (exact) mass is 416 g/mol. The second-order valence-corrected chi connectivity index (χ2v) is 8.84. The largest absolute Gasteiger partial charge is 0.289 e. The summed E-state index contributed by atoms with van der Waals surface area (Å²) in [6.07, 6.45) is 2.56. The summed E-state index contributed by atoms with van der Waals surface area (Å²) in [5.74, 6) is -0.976. The van der Waals surface area contributed by atoms with E-state index in [1.807, 2.05) is 24.3 Å². The van der Waals surface area contributed by atoms with Crippen LogP contribution in [0.1, 0.15) is 13.3 Å². The topological polar surface area (TPSA) is 114 Å². The summed E-state index contributed by atoms with van der Waals surface area (Å²) in [6.45, 7) is 1.41. The van der Waals surface area contributed by atoms with Crippen LogP contribution in [0.4, 0.5) is 0 Å². The van der Waals surface area contributed by atoms with Crippen LogP contribution in [0.15, 0.2) is 34.9 Å². The highest BCUT2D eigenvalue weighted by Gasteiger charge is 2.43. The molecule has 1 unspecified atom stereocenters. The third kappa shape index (κ3) is 3.65. The van der Waals surface area contributed by atoms with E-state index in [1.165, 1.54) is 17.1 Å². The molecule has 2 N–H and O–H groups in total. The van der Waals surface area contributed by atoms with Gasteiger partial charge in [-0.25, -0.2) is 13.9 Å². The Morgan fingerprint density at radius 2 is 2.08 bits per heavy atom. The van der Waals surface area contributed by atoms with E-state index < -0.39 is 20.5 Å². The Balaban J connectivity index is 2.21. The quantitative estimate of drug-likeness (QED) is 0.543. The molecule has 0 spiro atoms. The third-order valence-electron chi connectivity index (χ3n) is 3.91. The lowest BCUT2D eigenvalue weighted by Crippen LogP contribution is -2.49. The van der Waals surface area contributed by atoms with Gasteiger partial charge < -0.3 is 0 Å². The van der Waals surface area contributed by atoms with Crippen molar-refractivity contribution < 1.29 is 18.4 Å². The first kappa shape index (κ1) is 18.6. The van der Waals surface area contributed by atoms with Gasteiger partial charge in [-0.15, -0.1) is 5.10 Å². The fourth-order valence-corrected chi connectivity index (χ4v) is 3.45. The van der Waals surface area contributed by atoms with Crippen molar-refractivity contribution in [1.82, 2.24) is 20.5 Å². The number of rotatable bonds is 6. The van der Waals surface area contributed by atoms with E-state index in [4.69, 9.17) is 5.21 Å². The second kappa shape index (κ2) is 6.99. The lowest BCUT2D eigenvalue weighted by atomic mass is 10.1. The van der Waals surface area contributed by atoms with Gasteiger partial charge in [-0.1, -0.05) is 39.3 Å². The van der Waals surface area contributed by atoms with Gasteiger partial charge in [0.2, 0.25) is 0 Å². The summed E-state index contributed by atoms with van der Waals surface area (Å²) in [5.41, 5.74) is 2.89. The number of hydrogen-bond donors (Lipinski definition) is 2. The molecule has 0 aliphatic heterocycles. The number of carbonyl (C=O) groups is 1. The van der Waals surface area contributed by atoms with Crippen LogP contribution in [-0.4, -0.2) is 45.5 Å². The summed E-state index contributed by atoms with van der Waals surface area (Å²) in [5, 5.41) is 16.8. The number of nitrogens with one attached hydrogen (secondary N) is 1. The van der Waals surface area contributed by atoms with Crippen LogP contribution >= 0.6 is 15.9 Å². The minimum absolute atomic E-state index is 0.0585. The van der Waals surface area contributed by atoms with Crippen LogP contribution in [0, 0.1) is 0 Å². The maximum Gasteiger partial charge on any atom is 0.264 e. The zero-order valence-electron chi connectivity index (χ0n) is 13.1. The fraction of sp³-hybridized carbons (Fsp3) is 0.357. The lowest BCUT2D eigenvalue weighted by molar-refractivity contribution is -0.131. The van der Waals surface area contributed by atoms with Crippen molar-refractivity contribution in [2.75, 3.05) is 6.26 Å². The number of amides is 1. The molecule has 0 radical (unpaired) electrons. The van der Waals surface area contributed by atoms with Gasteiger partial charge in [0.25, 0.3) is 5.91 Å². The molecule has 1 heterocycles. The van der Waals surface area contributed by atoms with Crippen molar-refractivity contribution >= 4 is 31.7 Å². The molecule has 1 aromatic heterocycles. The molecule has 2 aromatic rings. The van der Waals surface area contributed by atoms with E-state index in [1.54, 1.807) is 6.20 Å². The van der Waals surface area contributed by atoms with Crippen molar-refractivity contribution in [2.45, 2.75) is 24.6 Å². The molecule has 1 atom stereocenters. The van der Waals surface area contributed by atoms with Crippen LogP contribution < -0.4 is 5.48 Å². The van der Waals surface area contributed by atoms with E-state index in [0.29, 0.717) is 5.69 Å². The Kier molecular flexibility index (Phi) is 5.41. The summed E-state index contributed by atoms with van der Waals surface area (Å²) in [4.78, 5) is 11.8. The molecule has 8 nitrogen and oxygen atoms in total. The highest BCUT2D eigenvalue weighted by Crippen LogP contribution is 2.26. The van der Waals surface area contributed by atoms with E-state index in [0.717, 1.165) is 16.3 Å². The average Bonchev–Trinajstić information content (AvgIpc) is 2.99. The minimum atomic E-state index is -3.74. The Morgan fingerprint density at radius 3 is 2.67 bits per heavy atom. The normalized spacial score (nSPS) is 14.2. The van der Waals surface area contributed by atoms with Crippen molar-refractivity contribution in [3.63, 3.8) is 0 Å². The first-order valence-electron chi connectivity index (χ1n) is 6.98. The van der Waals surface area contributed by atoms with E-state index in [2.05, 4.69) is 26.2 Å². The number of hydroxylamine groups is 1. The Bertz CT molecular complexity index is 852. The van der Waals surface area contributed by atoms with Crippen molar-refractivity contribution in [2.24, 2.45) is 0 Å². The molecule has 1 amide bonds. The second-order valence-electron chi connectivity index (χ2n) is 5.54. The molecule has 0 fully saturated rings. The van der Waals surface area contributed by atoms with Gasteiger partial charge in [-0.05, 0) is 19.4 Å². The van der Waals surface area contributed by atoms with Gasteiger partial charge in [0.1, 0.15) is 5.69 Å². The SMILES string of the molecule is CC(CCn1cc(-c2ccccc2Br)nn1)(C(=O)NO)S(C)(=O)=O. The predicted octanol–water partition coefficient (Wildman–Crippen LogP) is 1.41. The molecule has 0 saturated carbocycles. The molecule has 0 bridgehead atoms. The average molecular weight is 417 g/mol. The number of aryl methyl sites for hydroxylation is 1. The van der Waals surface area contributed by atoms with Crippen molar-refractivity contribution in [1.29, 1.82) is 0 Å². The molecule has 0 aliphatic carbocycles. The molecule has 24 heavy (non-hydrogen) atoms. The smallest absolute Gasteiger partial charge is 0.264 e. The standard InChI is InChI=1S/C14H17BrN4O4S/c1-14(13(20)17-21,24(2,22)23)7-8-19-9-12(16-18-19)10-5-3-4-6-11(10)15/h3-6,9,21H,7-8H2,1-2H3,(H,17,20). The van der Waals surface area contributed by atoms with Gasteiger partial charge in [-0.2, -0.15) is 0 Å². The number of nitrogens with zero attached hydrogens (tertiary/aromatic N) is 3. The number of benzene rings is 1. The summed E-state index contributed by atoms with van der Waals surface area (Å²) < 4.78 is 24.4. The number of aromatic nitrogens is 3. The maximum atomic E-state index is 11.9. The number of carbonyl (C=O) groups excluding carboxylic acids is 1. The molecule has 2 rings (SSSR count). The molecule has 0 aliphatic rings. The highest BCUT2D eigenvalue weighted by molar-refractivity contribution is 9.10. The Hall–Kier alpha value is -1.78. The predicted molar refractivity (Wildman–Crippen MR) is 91.0 cm³/mol. The first-order valence-corrected chi connectivity index (χ1v) is 9.66. The first-order chi connectivity index (χ1) is 11.2.